The van der Waals surface area contributed by atoms with Gasteiger partial charge < -0.3 is 5.32 Å². The topological polar surface area (TPSA) is 35.8 Å². The van der Waals surface area contributed by atoms with E-state index in [2.05, 4.69) is 24.4 Å². The molecule has 0 aromatic rings. The Kier molecular flexibility index (Phi) is 6.47. The number of hydrogen-bond donors (Lipinski definition) is 1. The quantitative estimate of drug-likeness (QED) is 0.672. The van der Waals surface area contributed by atoms with E-state index in [0.717, 1.165) is 24.2 Å². The summed E-state index contributed by atoms with van der Waals surface area (Å²) in [4.78, 5) is 0. The Morgan fingerprint density at radius 3 is 2.65 bits per heavy atom. The summed E-state index contributed by atoms with van der Waals surface area (Å²) in [5, 5.41) is 12.2. The molecule has 0 aromatic carbocycles. The number of unbranched alkanes of at least 4 members (excludes halogenated alkanes) is 5. The highest BCUT2D eigenvalue weighted by atomic mass is 14.9. The molecule has 0 saturated heterocycles. The predicted molar refractivity (Wildman–Crippen MR) is 72.4 cm³/mol. The van der Waals surface area contributed by atoms with Crippen molar-refractivity contribution in [2.24, 2.45) is 0 Å². The van der Waals surface area contributed by atoms with Gasteiger partial charge >= 0.3 is 0 Å². The van der Waals surface area contributed by atoms with E-state index in [1.807, 2.05) is 6.92 Å². The van der Waals surface area contributed by atoms with Gasteiger partial charge in [0.1, 0.15) is 6.07 Å². The van der Waals surface area contributed by atoms with Crippen LogP contribution < -0.4 is 5.32 Å². The van der Waals surface area contributed by atoms with Crippen molar-refractivity contribution in [2.45, 2.75) is 58.8 Å². The lowest BCUT2D eigenvalue weighted by atomic mass is 10.0. The monoisotopic (exact) mass is 232 g/mol. The van der Waals surface area contributed by atoms with Crippen LogP contribution in [0.3, 0.4) is 0 Å². The first-order valence-corrected chi connectivity index (χ1v) is 6.82. The Morgan fingerprint density at radius 2 is 1.94 bits per heavy atom. The Labute approximate surface area is 105 Å². The molecule has 2 nitrogen and oxygen atoms in total. The van der Waals surface area contributed by atoms with Crippen LogP contribution in [0, 0.1) is 11.3 Å². The van der Waals surface area contributed by atoms with E-state index in [1.54, 1.807) is 0 Å². The second-order valence-corrected chi connectivity index (χ2v) is 4.82. The molecule has 0 radical (unpaired) electrons. The molecule has 0 aliphatic carbocycles. The van der Waals surface area contributed by atoms with E-state index in [9.17, 15) is 0 Å². The highest BCUT2D eigenvalue weighted by Crippen LogP contribution is 2.17. The summed E-state index contributed by atoms with van der Waals surface area (Å²) in [6.45, 7) is 5.14. The molecule has 1 heterocycles. The van der Waals surface area contributed by atoms with Crippen LogP contribution in [0.2, 0.25) is 0 Å². The molecule has 1 aliphatic rings. The first-order chi connectivity index (χ1) is 8.27. The van der Waals surface area contributed by atoms with Gasteiger partial charge in [0, 0.05) is 12.2 Å². The lowest BCUT2D eigenvalue weighted by Gasteiger charge is -2.16. The van der Waals surface area contributed by atoms with Crippen LogP contribution in [0.15, 0.2) is 22.9 Å². The molecule has 0 spiro atoms. The molecule has 17 heavy (non-hydrogen) atoms. The van der Waals surface area contributed by atoms with E-state index < -0.39 is 0 Å². The van der Waals surface area contributed by atoms with Gasteiger partial charge in [-0.1, -0.05) is 39.0 Å². The molecule has 0 bridgehead atoms. The first kappa shape index (κ1) is 13.8. The zero-order chi connectivity index (χ0) is 12.5. The standard InChI is InChI=1S/C15H24N2/c1-3-4-5-6-7-8-9-14-10-15(11-16)13(2)17-12-14/h10,17H,3-9,12H2,1-2H3. The van der Waals surface area contributed by atoms with Crippen molar-refractivity contribution >= 4 is 0 Å². The van der Waals surface area contributed by atoms with Gasteiger partial charge in [-0.25, -0.2) is 0 Å². The average Bonchev–Trinajstić information content (AvgIpc) is 2.35. The fourth-order valence-corrected chi connectivity index (χ4v) is 2.11. The average molecular weight is 232 g/mol. The summed E-state index contributed by atoms with van der Waals surface area (Å²) in [5.41, 5.74) is 3.19. The van der Waals surface area contributed by atoms with Crippen LogP contribution in [0.4, 0.5) is 0 Å². The Bertz CT molecular complexity index is 331. The van der Waals surface area contributed by atoms with Gasteiger partial charge in [-0.3, -0.25) is 0 Å². The third-order valence-electron chi connectivity index (χ3n) is 3.30. The van der Waals surface area contributed by atoms with Gasteiger partial charge in [0.25, 0.3) is 0 Å². The fourth-order valence-electron chi connectivity index (χ4n) is 2.11. The maximum atomic E-state index is 8.96. The Hall–Kier alpha value is -1.23. The molecule has 0 amide bonds. The summed E-state index contributed by atoms with van der Waals surface area (Å²) in [6, 6.07) is 2.24. The third kappa shape index (κ3) is 5.08. The molecule has 0 atom stereocenters. The van der Waals surface area contributed by atoms with E-state index >= 15 is 0 Å². The van der Waals surface area contributed by atoms with E-state index in [-0.39, 0.29) is 0 Å². The Morgan fingerprint density at radius 1 is 1.24 bits per heavy atom. The molecule has 0 fully saturated rings. The van der Waals surface area contributed by atoms with Crippen LogP contribution >= 0.6 is 0 Å². The fraction of sp³-hybridized carbons (Fsp3) is 0.667. The SMILES string of the molecule is CCCCCCCCC1=CC(C#N)=C(C)NC1. The van der Waals surface area contributed by atoms with Crippen LogP contribution in [0.5, 0.6) is 0 Å². The van der Waals surface area contributed by atoms with Crippen molar-refractivity contribution in [2.75, 3.05) is 6.54 Å². The van der Waals surface area contributed by atoms with Gasteiger partial charge in [0.05, 0.1) is 5.57 Å². The van der Waals surface area contributed by atoms with Crippen LogP contribution in [-0.4, -0.2) is 6.54 Å². The van der Waals surface area contributed by atoms with Gasteiger partial charge in [-0.15, -0.1) is 0 Å². The number of nitrogens with zero attached hydrogens (tertiary/aromatic N) is 1. The summed E-state index contributed by atoms with van der Waals surface area (Å²) >= 11 is 0. The minimum atomic E-state index is 0.803. The number of allylic oxidation sites excluding steroid dienone is 3. The van der Waals surface area contributed by atoms with Crippen molar-refractivity contribution in [1.82, 2.24) is 5.32 Å². The van der Waals surface area contributed by atoms with Crippen molar-refractivity contribution in [3.05, 3.63) is 22.9 Å². The summed E-state index contributed by atoms with van der Waals surface area (Å²) in [5.74, 6) is 0. The predicted octanol–water partition coefficient (Wildman–Crippen LogP) is 4.06. The van der Waals surface area contributed by atoms with Gasteiger partial charge in [0.15, 0.2) is 0 Å². The normalized spacial score (nSPS) is 15.2. The lowest BCUT2D eigenvalue weighted by Crippen LogP contribution is -2.20. The second kappa shape index (κ2) is 7.95. The van der Waals surface area contributed by atoms with Gasteiger partial charge in [0.2, 0.25) is 0 Å². The largest absolute Gasteiger partial charge is 0.384 e. The number of nitriles is 1. The van der Waals surface area contributed by atoms with Crippen LogP contribution in [0.1, 0.15) is 58.8 Å². The highest BCUT2D eigenvalue weighted by molar-refractivity contribution is 5.41. The zero-order valence-corrected chi connectivity index (χ0v) is 11.2. The third-order valence-corrected chi connectivity index (χ3v) is 3.30. The maximum Gasteiger partial charge on any atom is 0.101 e. The zero-order valence-electron chi connectivity index (χ0n) is 11.2. The Balaban J connectivity index is 2.22. The molecule has 94 valence electrons. The molecule has 1 aliphatic heterocycles. The molecule has 2 heteroatoms. The van der Waals surface area contributed by atoms with Crippen molar-refractivity contribution in [3.63, 3.8) is 0 Å². The highest BCUT2D eigenvalue weighted by Gasteiger charge is 2.08. The van der Waals surface area contributed by atoms with Crippen LogP contribution in [-0.2, 0) is 0 Å². The minimum absolute atomic E-state index is 0.803. The molecule has 0 unspecified atom stereocenters. The number of rotatable bonds is 7. The molecular formula is C15H24N2. The molecule has 0 aromatic heterocycles. The molecule has 1 N–H and O–H groups in total. The number of dihydropyridines is 1. The molecule has 1 rings (SSSR count). The number of hydrogen-bond acceptors (Lipinski definition) is 2. The maximum absolute atomic E-state index is 8.96. The molecular weight excluding hydrogens is 208 g/mol. The van der Waals surface area contributed by atoms with E-state index in [1.165, 1.54) is 44.1 Å². The summed E-state index contributed by atoms with van der Waals surface area (Å²) in [7, 11) is 0. The van der Waals surface area contributed by atoms with Crippen molar-refractivity contribution < 1.29 is 0 Å². The summed E-state index contributed by atoms with van der Waals surface area (Å²) < 4.78 is 0. The van der Waals surface area contributed by atoms with Crippen molar-refractivity contribution in [3.8, 4) is 6.07 Å². The van der Waals surface area contributed by atoms with Crippen LogP contribution in [0.25, 0.3) is 0 Å². The van der Waals surface area contributed by atoms with Gasteiger partial charge in [-0.05, 0) is 31.4 Å². The first-order valence-electron chi connectivity index (χ1n) is 6.82. The lowest BCUT2D eigenvalue weighted by molar-refractivity contribution is 0.601. The second-order valence-electron chi connectivity index (χ2n) is 4.82. The van der Waals surface area contributed by atoms with Crippen molar-refractivity contribution in [1.29, 1.82) is 5.26 Å². The smallest absolute Gasteiger partial charge is 0.101 e. The molecule has 0 saturated carbocycles. The summed E-state index contributed by atoms with van der Waals surface area (Å²) in [6.07, 6.45) is 11.2. The minimum Gasteiger partial charge on any atom is -0.384 e. The van der Waals surface area contributed by atoms with E-state index in [0.29, 0.717) is 0 Å². The number of nitrogens with one attached hydrogen (secondary N) is 1. The van der Waals surface area contributed by atoms with Gasteiger partial charge in [-0.2, -0.15) is 5.26 Å². The van der Waals surface area contributed by atoms with E-state index in [4.69, 9.17) is 5.26 Å².